The molecule has 1 amide bonds. The quantitative estimate of drug-likeness (QED) is 0.788. The van der Waals surface area contributed by atoms with Crippen LogP contribution in [0.2, 0.25) is 0 Å². The highest BCUT2D eigenvalue weighted by atomic mass is 19.1. The van der Waals surface area contributed by atoms with Crippen molar-refractivity contribution in [1.29, 1.82) is 0 Å². The van der Waals surface area contributed by atoms with E-state index in [2.05, 4.69) is 10.3 Å². The molecule has 1 heterocycles. The van der Waals surface area contributed by atoms with Crippen LogP contribution in [0.4, 0.5) is 10.1 Å². The van der Waals surface area contributed by atoms with Gasteiger partial charge in [-0.3, -0.25) is 9.78 Å². The van der Waals surface area contributed by atoms with Crippen molar-refractivity contribution in [3.05, 3.63) is 24.3 Å². The van der Waals surface area contributed by atoms with Gasteiger partial charge in [-0.1, -0.05) is 6.92 Å². The number of nitrogens with zero attached hydrogens (tertiary/aromatic N) is 1. The molecule has 4 nitrogen and oxygen atoms in total. The Morgan fingerprint density at radius 3 is 3.07 bits per heavy atom. The molecule has 5 heteroatoms. The first-order valence-electron chi connectivity index (χ1n) is 4.78. The number of nitrogens with two attached hydrogens (primary N) is 1. The fourth-order valence-corrected chi connectivity index (χ4v) is 1.06. The van der Waals surface area contributed by atoms with Gasteiger partial charge < -0.3 is 11.1 Å². The van der Waals surface area contributed by atoms with Crippen molar-refractivity contribution < 1.29 is 9.18 Å². The molecule has 0 bridgehead atoms. The van der Waals surface area contributed by atoms with Gasteiger partial charge in [0.05, 0.1) is 11.9 Å². The third kappa shape index (κ3) is 3.63. The first kappa shape index (κ1) is 11.6. The van der Waals surface area contributed by atoms with E-state index in [4.69, 9.17) is 5.73 Å². The van der Waals surface area contributed by atoms with E-state index in [1.165, 1.54) is 12.3 Å². The molecule has 82 valence electrons. The minimum Gasteiger partial charge on any atom is -0.327 e. The molecule has 15 heavy (non-hydrogen) atoms. The van der Waals surface area contributed by atoms with Gasteiger partial charge in [-0.25, -0.2) is 4.39 Å². The van der Waals surface area contributed by atoms with E-state index < -0.39 is 5.82 Å². The van der Waals surface area contributed by atoms with Crippen molar-refractivity contribution in [2.45, 2.75) is 25.8 Å². The smallest absolute Gasteiger partial charge is 0.226 e. The van der Waals surface area contributed by atoms with Crippen molar-refractivity contribution in [3.8, 4) is 0 Å². The molecule has 1 atom stereocenters. The zero-order chi connectivity index (χ0) is 11.3. The molecular formula is C10H14FN3O. The zero-order valence-electron chi connectivity index (χ0n) is 8.53. The lowest BCUT2D eigenvalue weighted by Gasteiger charge is -2.09. The summed E-state index contributed by atoms with van der Waals surface area (Å²) in [5.74, 6) is -0.828. The Hall–Kier alpha value is -1.49. The summed E-state index contributed by atoms with van der Waals surface area (Å²) in [4.78, 5) is 14.9. The Labute approximate surface area is 87.7 Å². The Kier molecular flexibility index (Phi) is 4.17. The Bertz CT molecular complexity index is 343. The maximum absolute atomic E-state index is 13.1. The minimum atomic E-state index is -0.545. The van der Waals surface area contributed by atoms with Gasteiger partial charge in [0.15, 0.2) is 5.82 Å². The monoisotopic (exact) mass is 211 g/mol. The van der Waals surface area contributed by atoms with Crippen molar-refractivity contribution in [2.75, 3.05) is 5.32 Å². The SMILES string of the molecule is CCC(N)CC(=O)Nc1ccncc1F. The predicted octanol–water partition coefficient (Wildman–Crippen LogP) is 1.29. The molecular weight excluding hydrogens is 197 g/mol. The van der Waals surface area contributed by atoms with Gasteiger partial charge in [0.2, 0.25) is 5.91 Å². The van der Waals surface area contributed by atoms with E-state index in [1.54, 1.807) is 0 Å². The average molecular weight is 211 g/mol. The van der Waals surface area contributed by atoms with Gasteiger partial charge in [-0.2, -0.15) is 0 Å². The van der Waals surface area contributed by atoms with Crippen molar-refractivity contribution >= 4 is 11.6 Å². The summed E-state index contributed by atoms with van der Waals surface area (Å²) >= 11 is 0. The van der Waals surface area contributed by atoms with E-state index >= 15 is 0 Å². The lowest BCUT2D eigenvalue weighted by Crippen LogP contribution is -2.26. The molecule has 1 aromatic heterocycles. The lowest BCUT2D eigenvalue weighted by atomic mass is 10.1. The number of aromatic nitrogens is 1. The number of rotatable bonds is 4. The van der Waals surface area contributed by atoms with Crippen LogP contribution in [0.15, 0.2) is 18.5 Å². The van der Waals surface area contributed by atoms with Gasteiger partial charge >= 0.3 is 0 Å². The van der Waals surface area contributed by atoms with E-state index in [0.29, 0.717) is 6.42 Å². The van der Waals surface area contributed by atoms with Crippen LogP contribution >= 0.6 is 0 Å². The largest absolute Gasteiger partial charge is 0.327 e. The minimum absolute atomic E-state index is 0.137. The molecule has 1 aromatic rings. The van der Waals surface area contributed by atoms with Gasteiger partial charge in [-0.05, 0) is 12.5 Å². The molecule has 0 radical (unpaired) electrons. The molecule has 0 fully saturated rings. The Balaban J connectivity index is 2.55. The summed E-state index contributed by atoms with van der Waals surface area (Å²) in [6.07, 6.45) is 3.37. The molecule has 0 aliphatic carbocycles. The number of anilines is 1. The number of nitrogens with one attached hydrogen (secondary N) is 1. The molecule has 0 saturated carbocycles. The normalized spacial score (nSPS) is 12.2. The third-order valence-corrected chi connectivity index (χ3v) is 2.02. The second-order valence-electron chi connectivity index (χ2n) is 3.28. The number of halogens is 1. The fourth-order valence-electron chi connectivity index (χ4n) is 1.06. The van der Waals surface area contributed by atoms with Crippen LogP contribution in [-0.4, -0.2) is 16.9 Å². The second kappa shape index (κ2) is 5.41. The standard InChI is InChI=1S/C10H14FN3O/c1-2-7(12)5-10(15)14-9-3-4-13-6-8(9)11/h3-4,6-7H,2,5,12H2,1H3,(H,13,14,15). The summed E-state index contributed by atoms with van der Waals surface area (Å²) < 4.78 is 13.1. The first-order valence-corrected chi connectivity index (χ1v) is 4.78. The number of carbonyl (C=O) groups excluding carboxylic acids is 1. The summed E-state index contributed by atoms with van der Waals surface area (Å²) in [5, 5.41) is 2.44. The van der Waals surface area contributed by atoms with E-state index in [1.807, 2.05) is 6.92 Å². The van der Waals surface area contributed by atoms with E-state index in [-0.39, 0.29) is 24.1 Å². The van der Waals surface area contributed by atoms with Gasteiger partial charge in [0.1, 0.15) is 0 Å². The van der Waals surface area contributed by atoms with Gasteiger partial charge in [-0.15, -0.1) is 0 Å². The van der Waals surface area contributed by atoms with Crippen LogP contribution in [0.1, 0.15) is 19.8 Å². The number of hydrogen-bond donors (Lipinski definition) is 2. The third-order valence-electron chi connectivity index (χ3n) is 2.02. The first-order chi connectivity index (χ1) is 7.13. The molecule has 1 rings (SSSR count). The highest BCUT2D eigenvalue weighted by molar-refractivity contribution is 5.91. The molecule has 0 spiro atoms. The molecule has 0 saturated heterocycles. The fraction of sp³-hybridized carbons (Fsp3) is 0.400. The van der Waals surface area contributed by atoms with E-state index in [9.17, 15) is 9.18 Å². The molecule has 1 unspecified atom stereocenters. The van der Waals surface area contributed by atoms with Crippen LogP contribution in [0, 0.1) is 5.82 Å². The maximum atomic E-state index is 13.1. The average Bonchev–Trinajstić information content (AvgIpc) is 2.21. The summed E-state index contributed by atoms with van der Waals surface area (Å²) in [6.45, 7) is 1.89. The van der Waals surface area contributed by atoms with Crippen LogP contribution in [0.3, 0.4) is 0 Å². The number of hydrogen-bond acceptors (Lipinski definition) is 3. The molecule has 0 aromatic carbocycles. The molecule has 0 aliphatic rings. The van der Waals surface area contributed by atoms with Crippen LogP contribution in [0.25, 0.3) is 0 Å². The van der Waals surface area contributed by atoms with Crippen molar-refractivity contribution in [2.24, 2.45) is 5.73 Å². The maximum Gasteiger partial charge on any atom is 0.226 e. The van der Waals surface area contributed by atoms with Gasteiger partial charge in [0.25, 0.3) is 0 Å². The van der Waals surface area contributed by atoms with Crippen LogP contribution in [0.5, 0.6) is 0 Å². The number of pyridine rings is 1. The van der Waals surface area contributed by atoms with Crippen LogP contribution < -0.4 is 11.1 Å². The summed E-state index contributed by atoms with van der Waals surface area (Å²) in [7, 11) is 0. The predicted molar refractivity (Wildman–Crippen MR) is 55.7 cm³/mol. The zero-order valence-corrected chi connectivity index (χ0v) is 8.53. The second-order valence-corrected chi connectivity index (χ2v) is 3.28. The molecule has 0 aliphatic heterocycles. The number of carbonyl (C=O) groups is 1. The Morgan fingerprint density at radius 1 is 1.73 bits per heavy atom. The summed E-state index contributed by atoms with van der Waals surface area (Å²) in [6, 6.07) is 1.22. The van der Waals surface area contributed by atoms with Crippen molar-refractivity contribution in [1.82, 2.24) is 4.98 Å². The van der Waals surface area contributed by atoms with Crippen molar-refractivity contribution in [3.63, 3.8) is 0 Å². The topological polar surface area (TPSA) is 68.0 Å². The van der Waals surface area contributed by atoms with Crippen LogP contribution in [-0.2, 0) is 4.79 Å². The Morgan fingerprint density at radius 2 is 2.47 bits per heavy atom. The highest BCUT2D eigenvalue weighted by Gasteiger charge is 2.09. The molecule has 3 N–H and O–H groups in total. The van der Waals surface area contributed by atoms with E-state index in [0.717, 1.165) is 6.20 Å². The highest BCUT2D eigenvalue weighted by Crippen LogP contribution is 2.11. The number of amides is 1. The summed E-state index contributed by atoms with van der Waals surface area (Å²) in [5.41, 5.74) is 5.74. The lowest BCUT2D eigenvalue weighted by molar-refractivity contribution is -0.116. The van der Waals surface area contributed by atoms with Gasteiger partial charge in [0, 0.05) is 18.7 Å².